The minimum Gasteiger partial charge on any atom is -0.352 e. The molecule has 0 aliphatic carbocycles. The molecular weight excluding hydrogens is 410 g/mol. The Morgan fingerprint density at radius 1 is 1.03 bits per heavy atom. The molecule has 1 atom stereocenters. The number of aromatic nitrogens is 2. The van der Waals surface area contributed by atoms with Crippen LogP contribution >= 0.6 is 11.3 Å². The molecule has 4 rings (SSSR count). The summed E-state index contributed by atoms with van der Waals surface area (Å²) in [6, 6.07) is 8.87. The third-order valence-corrected chi connectivity index (χ3v) is 6.49. The van der Waals surface area contributed by atoms with Crippen LogP contribution in [0.2, 0.25) is 0 Å². The first kappa shape index (κ1) is 21.2. The van der Waals surface area contributed by atoms with Crippen LogP contribution in [-0.2, 0) is 4.79 Å². The van der Waals surface area contributed by atoms with Crippen LogP contribution in [0.4, 0.5) is 5.82 Å². The van der Waals surface area contributed by atoms with E-state index in [1.54, 1.807) is 29.8 Å². The van der Waals surface area contributed by atoms with E-state index in [-0.39, 0.29) is 17.7 Å². The summed E-state index contributed by atoms with van der Waals surface area (Å²) in [5.41, 5.74) is 1.66. The molecule has 1 aromatic carbocycles. The maximum atomic E-state index is 13.2. The van der Waals surface area contributed by atoms with Gasteiger partial charge in [-0.2, -0.15) is 0 Å². The first-order valence-electron chi connectivity index (χ1n) is 10.5. The summed E-state index contributed by atoms with van der Waals surface area (Å²) >= 11 is 1.60. The SMILES string of the molecule is Cc1ccc(C(=O)NC(C(=O)N2CCN(c3ncnc4sccc34)CC2)C(C)C)cc1. The average molecular weight is 438 g/mol. The van der Waals surface area contributed by atoms with E-state index in [4.69, 9.17) is 0 Å². The number of rotatable bonds is 5. The number of anilines is 1. The molecule has 0 radical (unpaired) electrons. The zero-order valence-electron chi connectivity index (χ0n) is 18.0. The van der Waals surface area contributed by atoms with Gasteiger partial charge in [-0.25, -0.2) is 9.97 Å². The van der Waals surface area contributed by atoms with E-state index < -0.39 is 6.04 Å². The van der Waals surface area contributed by atoms with Crippen molar-refractivity contribution in [3.63, 3.8) is 0 Å². The minimum atomic E-state index is -0.553. The van der Waals surface area contributed by atoms with Crippen LogP contribution < -0.4 is 10.2 Å². The number of piperazine rings is 1. The molecule has 2 amide bonds. The number of aryl methyl sites for hydroxylation is 1. The Hall–Kier alpha value is -3.00. The Balaban J connectivity index is 1.41. The van der Waals surface area contributed by atoms with Gasteiger partial charge in [-0.1, -0.05) is 31.5 Å². The molecule has 8 heteroatoms. The van der Waals surface area contributed by atoms with Crippen molar-refractivity contribution < 1.29 is 9.59 Å². The Kier molecular flexibility index (Phi) is 6.18. The summed E-state index contributed by atoms with van der Waals surface area (Å²) < 4.78 is 0. The fourth-order valence-electron chi connectivity index (χ4n) is 3.81. The van der Waals surface area contributed by atoms with Gasteiger partial charge in [0.1, 0.15) is 23.0 Å². The monoisotopic (exact) mass is 437 g/mol. The molecule has 1 fully saturated rings. The molecule has 1 saturated heterocycles. The Bertz CT molecular complexity index is 1070. The van der Waals surface area contributed by atoms with Crippen molar-refractivity contribution in [2.75, 3.05) is 31.1 Å². The number of amides is 2. The molecule has 1 aliphatic rings. The lowest BCUT2D eigenvalue weighted by Crippen LogP contribution is -2.56. The number of carbonyl (C=O) groups is 2. The Morgan fingerprint density at radius 3 is 2.42 bits per heavy atom. The van der Waals surface area contributed by atoms with Crippen molar-refractivity contribution >= 4 is 39.2 Å². The van der Waals surface area contributed by atoms with Crippen LogP contribution in [-0.4, -0.2) is 58.9 Å². The second-order valence-corrected chi connectivity index (χ2v) is 9.10. The van der Waals surface area contributed by atoms with Crippen molar-refractivity contribution in [1.82, 2.24) is 20.2 Å². The minimum absolute atomic E-state index is 0.00720. The zero-order valence-corrected chi connectivity index (χ0v) is 18.9. The maximum absolute atomic E-state index is 13.2. The second-order valence-electron chi connectivity index (χ2n) is 8.21. The third kappa shape index (κ3) is 4.54. The van der Waals surface area contributed by atoms with E-state index >= 15 is 0 Å². The van der Waals surface area contributed by atoms with Crippen LogP contribution in [0.25, 0.3) is 10.2 Å². The number of hydrogen-bond donors (Lipinski definition) is 1. The summed E-state index contributed by atoms with van der Waals surface area (Å²) in [5, 5.41) is 6.02. The smallest absolute Gasteiger partial charge is 0.251 e. The van der Waals surface area contributed by atoms with Crippen molar-refractivity contribution in [3.05, 3.63) is 53.2 Å². The summed E-state index contributed by atoms with van der Waals surface area (Å²) in [6.45, 7) is 8.49. The topological polar surface area (TPSA) is 78.4 Å². The van der Waals surface area contributed by atoms with Gasteiger partial charge in [0.25, 0.3) is 5.91 Å². The van der Waals surface area contributed by atoms with Crippen LogP contribution in [0.1, 0.15) is 29.8 Å². The number of carbonyl (C=O) groups excluding carboxylic acids is 2. The summed E-state index contributed by atoms with van der Waals surface area (Å²) in [6.07, 6.45) is 1.60. The van der Waals surface area contributed by atoms with Crippen LogP contribution in [0.5, 0.6) is 0 Å². The standard InChI is InChI=1S/C23H27N5O2S/c1-15(2)19(26-21(29)17-6-4-16(3)5-7-17)23(30)28-11-9-27(10-12-28)20-18-8-13-31-22(18)25-14-24-20/h4-8,13-15,19H,9-12H2,1-3H3,(H,26,29). The lowest BCUT2D eigenvalue weighted by atomic mass is 10.0. The highest BCUT2D eigenvalue weighted by Crippen LogP contribution is 2.27. The zero-order chi connectivity index (χ0) is 22.0. The van der Waals surface area contributed by atoms with Gasteiger partial charge in [0.15, 0.2) is 0 Å². The summed E-state index contributed by atoms with van der Waals surface area (Å²) in [4.78, 5) is 39.8. The first-order chi connectivity index (χ1) is 14.9. The number of fused-ring (bicyclic) bond motifs is 1. The fourth-order valence-corrected chi connectivity index (χ4v) is 4.53. The highest BCUT2D eigenvalue weighted by atomic mass is 32.1. The van der Waals surface area contributed by atoms with Crippen LogP contribution in [0.3, 0.4) is 0 Å². The van der Waals surface area contributed by atoms with Gasteiger partial charge in [0.2, 0.25) is 5.91 Å². The van der Waals surface area contributed by atoms with E-state index in [1.807, 2.05) is 49.3 Å². The third-order valence-electron chi connectivity index (χ3n) is 5.66. The molecule has 0 saturated carbocycles. The van der Waals surface area contributed by atoms with E-state index in [0.29, 0.717) is 31.7 Å². The number of nitrogens with zero attached hydrogens (tertiary/aromatic N) is 4. The normalized spacial score (nSPS) is 15.4. The molecule has 3 heterocycles. The van der Waals surface area contributed by atoms with Gasteiger partial charge in [-0.15, -0.1) is 11.3 Å². The van der Waals surface area contributed by atoms with Gasteiger partial charge >= 0.3 is 0 Å². The molecule has 3 aromatic rings. The fraction of sp³-hybridized carbons (Fsp3) is 0.391. The van der Waals surface area contributed by atoms with Crippen molar-refractivity contribution in [2.24, 2.45) is 5.92 Å². The molecule has 1 aliphatic heterocycles. The van der Waals surface area contributed by atoms with Crippen molar-refractivity contribution in [2.45, 2.75) is 26.8 Å². The van der Waals surface area contributed by atoms with E-state index in [1.165, 1.54) is 0 Å². The molecule has 7 nitrogen and oxygen atoms in total. The molecule has 0 spiro atoms. The molecule has 2 aromatic heterocycles. The van der Waals surface area contributed by atoms with Crippen LogP contribution in [0, 0.1) is 12.8 Å². The molecular formula is C23H27N5O2S. The Labute approximate surface area is 186 Å². The highest BCUT2D eigenvalue weighted by Gasteiger charge is 2.31. The average Bonchev–Trinajstić information content (AvgIpc) is 3.26. The molecule has 162 valence electrons. The summed E-state index contributed by atoms with van der Waals surface area (Å²) in [5.74, 6) is 0.670. The van der Waals surface area contributed by atoms with Gasteiger partial charge < -0.3 is 15.1 Å². The van der Waals surface area contributed by atoms with Gasteiger partial charge in [0.05, 0.1) is 5.39 Å². The van der Waals surface area contributed by atoms with Crippen molar-refractivity contribution in [3.8, 4) is 0 Å². The first-order valence-corrected chi connectivity index (χ1v) is 11.4. The van der Waals surface area contributed by atoms with E-state index in [0.717, 1.165) is 21.6 Å². The quantitative estimate of drug-likeness (QED) is 0.664. The van der Waals surface area contributed by atoms with Gasteiger partial charge in [-0.05, 0) is 36.4 Å². The second kappa shape index (κ2) is 9.01. The summed E-state index contributed by atoms with van der Waals surface area (Å²) in [7, 11) is 0. The Morgan fingerprint density at radius 2 is 1.74 bits per heavy atom. The number of hydrogen-bond acceptors (Lipinski definition) is 6. The largest absolute Gasteiger partial charge is 0.352 e. The molecule has 1 N–H and O–H groups in total. The number of benzene rings is 1. The molecule has 1 unspecified atom stereocenters. The lowest BCUT2D eigenvalue weighted by molar-refractivity contribution is -0.134. The number of thiophene rings is 1. The highest BCUT2D eigenvalue weighted by molar-refractivity contribution is 7.16. The predicted molar refractivity (Wildman–Crippen MR) is 123 cm³/mol. The van der Waals surface area contributed by atoms with Crippen LogP contribution in [0.15, 0.2) is 42.0 Å². The number of nitrogens with one attached hydrogen (secondary N) is 1. The van der Waals surface area contributed by atoms with E-state index in [2.05, 4.69) is 20.2 Å². The molecule has 31 heavy (non-hydrogen) atoms. The molecule has 0 bridgehead atoms. The van der Waals surface area contributed by atoms with Crippen molar-refractivity contribution in [1.29, 1.82) is 0 Å². The van der Waals surface area contributed by atoms with E-state index in [9.17, 15) is 9.59 Å². The predicted octanol–water partition coefficient (Wildman–Crippen LogP) is 3.10. The lowest BCUT2D eigenvalue weighted by Gasteiger charge is -2.38. The van der Waals surface area contributed by atoms with Gasteiger partial charge in [-0.3, -0.25) is 9.59 Å². The maximum Gasteiger partial charge on any atom is 0.251 e. The van der Waals surface area contributed by atoms with Gasteiger partial charge in [0, 0.05) is 31.7 Å².